The molecule has 1 fully saturated rings. The quantitative estimate of drug-likeness (QED) is 0.863. The van der Waals surface area contributed by atoms with E-state index in [0.717, 1.165) is 24.8 Å². The van der Waals surface area contributed by atoms with Gasteiger partial charge in [0.05, 0.1) is 4.90 Å². The number of hydrogen-bond donors (Lipinski definition) is 1. The second kappa shape index (κ2) is 6.42. The van der Waals surface area contributed by atoms with Crippen LogP contribution in [0.2, 0.25) is 0 Å². The lowest BCUT2D eigenvalue weighted by molar-refractivity contribution is 0.261. The Bertz CT molecular complexity index is 641. The molecule has 4 nitrogen and oxygen atoms in total. The number of thiocarbonyl (C=S) groups is 1. The van der Waals surface area contributed by atoms with Gasteiger partial charge >= 0.3 is 0 Å². The fourth-order valence-corrected chi connectivity index (χ4v) is 4.68. The predicted octanol–water partition coefficient (Wildman–Crippen LogP) is 2.44. The molecule has 1 atom stereocenters. The van der Waals surface area contributed by atoms with E-state index >= 15 is 0 Å². The van der Waals surface area contributed by atoms with Crippen molar-refractivity contribution in [3.05, 3.63) is 29.3 Å². The first-order valence-electron chi connectivity index (χ1n) is 7.27. The smallest absolute Gasteiger partial charge is 0.243 e. The monoisotopic (exact) mass is 326 g/mol. The Labute approximate surface area is 132 Å². The molecule has 1 aromatic rings. The Morgan fingerprint density at radius 2 is 2.19 bits per heavy atom. The lowest BCUT2D eigenvalue weighted by Crippen LogP contribution is -2.40. The van der Waals surface area contributed by atoms with Crippen molar-refractivity contribution in [2.75, 3.05) is 13.1 Å². The Hall–Kier alpha value is -0.980. The van der Waals surface area contributed by atoms with E-state index in [1.807, 2.05) is 0 Å². The molecular formula is C15H22N2O2S2. The third-order valence-electron chi connectivity index (χ3n) is 4.15. The van der Waals surface area contributed by atoms with Crippen LogP contribution in [0.1, 0.15) is 37.3 Å². The molecule has 1 aliphatic rings. The molecule has 1 aromatic carbocycles. The molecule has 21 heavy (non-hydrogen) atoms. The zero-order valence-corrected chi connectivity index (χ0v) is 14.1. The van der Waals surface area contributed by atoms with Crippen molar-refractivity contribution in [1.29, 1.82) is 0 Å². The lowest BCUT2D eigenvalue weighted by Gasteiger charge is -2.31. The molecule has 1 aliphatic heterocycles. The summed E-state index contributed by atoms with van der Waals surface area (Å²) in [4.78, 5) is 0.543. The number of nitrogens with two attached hydrogens (primary N) is 1. The van der Waals surface area contributed by atoms with E-state index in [0.29, 0.717) is 29.5 Å². The van der Waals surface area contributed by atoms with Gasteiger partial charge in [0.2, 0.25) is 10.0 Å². The molecule has 1 unspecified atom stereocenters. The average molecular weight is 326 g/mol. The second-order valence-electron chi connectivity index (χ2n) is 5.62. The van der Waals surface area contributed by atoms with Gasteiger partial charge in [0.15, 0.2) is 0 Å². The van der Waals surface area contributed by atoms with Crippen molar-refractivity contribution < 1.29 is 8.42 Å². The summed E-state index contributed by atoms with van der Waals surface area (Å²) < 4.78 is 27.4. The molecule has 0 aromatic heterocycles. The summed E-state index contributed by atoms with van der Waals surface area (Å²) in [5, 5.41) is 0. The number of nitrogens with zero attached hydrogens (tertiary/aromatic N) is 1. The van der Waals surface area contributed by atoms with Gasteiger partial charge < -0.3 is 5.73 Å². The van der Waals surface area contributed by atoms with Crippen LogP contribution in [-0.2, 0) is 10.0 Å². The van der Waals surface area contributed by atoms with Gasteiger partial charge in [0.1, 0.15) is 4.99 Å². The van der Waals surface area contributed by atoms with E-state index in [1.165, 1.54) is 0 Å². The molecule has 1 heterocycles. The van der Waals surface area contributed by atoms with Crippen molar-refractivity contribution in [1.82, 2.24) is 4.31 Å². The number of piperidine rings is 1. The Balaban J connectivity index is 2.39. The van der Waals surface area contributed by atoms with Gasteiger partial charge in [-0.25, -0.2) is 8.42 Å². The highest BCUT2D eigenvalue weighted by Crippen LogP contribution is 2.27. The van der Waals surface area contributed by atoms with Gasteiger partial charge in [-0.05, 0) is 37.3 Å². The molecule has 0 radical (unpaired) electrons. The molecule has 2 rings (SSSR count). The first-order valence-corrected chi connectivity index (χ1v) is 9.11. The molecule has 0 amide bonds. The van der Waals surface area contributed by atoms with Crippen LogP contribution in [-0.4, -0.2) is 30.8 Å². The molecule has 2 N–H and O–H groups in total. The topological polar surface area (TPSA) is 63.4 Å². The van der Waals surface area contributed by atoms with Gasteiger partial charge in [-0.1, -0.05) is 37.7 Å². The largest absolute Gasteiger partial charge is 0.389 e. The van der Waals surface area contributed by atoms with Crippen molar-refractivity contribution in [2.24, 2.45) is 11.7 Å². The number of hydrogen-bond acceptors (Lipinski definition) is 3. The number of rotatable bonds is 4. The lowest BCUT2D eigenvalue weighted by atomic mass is 9.97. The Morgan fingerprint density at radius 3 is 2.81 bits per heavy atom. The Kier molecular flexibility index (Phi) is 5.01. The zero-order chi connectivity index (χ0) is 15.6. The standard InChI is InChI=1S/C15H22N2O2S2/c1-3-12-5-4-8-17(10-12)21(18,19)14-9-13(15(16)20)7-6-11(14)2/h6-7,9,12H,3-5,8,10H2,1-2H3,(H2,16,20). The van der Waals surface area contributed by atoms with Crippen LogP contribution in [0.5, 0.6) is 0 Å². The van der Waals surface area contributed by atoms with Crippen molar-refractivity contribution in [3.63, 3.8) is 0 Å². The summed E-state index contributed by atoms with van der Waals surface area (Å²) in [6.45, 7) is 5.11. The van der Waals surface area contributed by atoms with Gasteiger partial charge in [0, 0.05) is 18.7 Å². The fraction of sp³-hybridized carbons (Fsp3) is 0.533. The molecular weight excluding hydrogens is 304 g/mol. The van der Waals surface area contributed by atoms with E-state index in [2.05, 4.69) is 6.92 Å². The van der Waals surface area contributed by atoms with Crippen LogP contribution in [0.15, 0.2) is 23.1 Å². The number of aryl methyl sites for hydroxylation is 1. The normalized spacial score (nSPS) is 20.4. The number of benzene rings is 1. The minimum absolute atomic E-state index is 0.219. The van der Waals surface area contributed by atoms with E-state index in [-0.39, 0.29) is 4.99 Å². The highest BCUT2D eigenvalue weighted by atomic mass is 32.2. The van der Waals surface area contributed by atoms with E-state index in [4.69, 9.17) is 18.0 Å². The Morgan fingerprint density at radius 1 is 1.48 bits per heavy atom. The van der Waals surface area contributed by atoms with Gasteiger partial charge in [0.25, 0.3) is 0 Å². The van der Waals surface area contributed by atoms with Crippen molar-refractivity contribution >= 4 is 27.2 Å². The predicted molar refractivity (Wildman–Crippen MR) is 88.8 cm³/mol. The van der Waals surface area contributed by atoms with Crippen LogP contribution >= 0.6 is 12.2 Å². The average Bonchev–Trinajstić information content (AvgIpc) is 2.47. The van der Waals surface area contributed by atoms with Crippen LogP contribution in [0.25, 0.3) is 0 Å². The molecule has 116 valence electrons. The summed E-state index contributed by atoms with van der Waals surface area (Å²) in [6, 6.07) is 5.13. The van der Waals surface area contributed by atoms with Crippen LogP contribution in [0, 0.1) is 12.8 Å². The number of sulfonamides is 1. The van der Waals surface area contributed by atoms with Crippen LogP contribution < -0.4 is 5.73 Å². The third-order valence-corrected chi connectivity index (χ3v) is 6.39. The summed E-state index contributed by atoms with van der Waals surface area (Å²) in [6.07, 6.45) is 3.04. The summed E-state index contributed by atoms with van der Waals surface area (Å²) in [5.41, 5.74) is 6.95. The second-order valence-corrected chi connectivity index (χ2v) is 7.97. The summed E-state index contributed by atoms with van der Waals surface area (Å²) >= 11 is 4.95. The molecule has 0 bridgehead atoms. The zero-order valence-electron chi connectivity index (χ0n) is 12.5. The highest BCUT2D eigenvalue weighted by molar-refractivity contribution is 7.89. The van der Waals surface area contributed by atoms with Crippen molar-refractivity contribution in [2.45, 2.75) is 38.0 Å². The highest BCUT2D eigenvalue weighted by Gasteiger charge is 2.30. The molecule has 0 saturated carbocycles. The SMILES string of the molecule is CCC1CCCN(S(=O)(=O)c2cc(C(N)=S)ccc2C)C1. The van der Waals surface area contributed by atoms with Crippen LogP contribution in [0.3, 0.4) is 0 Å². The van der Waals surface area contributed by atoms with Crippen molar-refractivity contribution in [3.8, 4) is 0 Å². The minimum atomic E-state index is -3.47. The van der Waals surface area contributed by atoms with Crippen LogP contribution in [0.4, 0.5) is 0 Å². The van der Waals surface area contributed by atoms with Gasteiger partial charge in [-0.15, -0.1) is 0 Å². The third kappa shape index (κ3) is 3.44. The van der Waals surface area contributed by atoms with Gasteiger partial charge in [-0.2, -0.15) is 4.31 Å². The van der Waals surface area contributed by atoms with E-state index in [9.17, 15) is 8.42 Å². The minimum Gasteiger partial charge on any atom is -0.389 e. The van der Waals surface area contributed by atoms with E-state index < -0.39 is 10.0 Å². The molecule has 6 heteroatoms. The molecule has 0 spiro atoms. The maximum absolute atomic E-state index is 12.9. The first kappa shape index (κ1) is 16.4. The molecule has 1 saturated heterocycles. The maximum atomic E-state index is 12.9. The summed E-state index contributed by atoms with van der Waals surface area (Å²) in [7, 11) is -3.47. The first-order chi connectivity index (χ1) is 9.86. The summed E-state index contributed by atoms with van der Waals surface area (Å²) in [5.74, 6) is 0.451. The van der Waals surface area contributed by atoms with E-state index in [1.54, 1.807) is 29.4 Å². The van der Waals surface area contributed by atoms with Gasteiger partial charge in [-0.3, -0.25) is 0 Å². The fourth-order valence-electron chi connectivity index (χ4n) is 2.75. The molecule has 0 aliphatic carbocycles. The maximum Gasteiger partial charge on any atom is 0.243 e.